The first-order valence-corrected chi connectivity index (χ1v) is 9.80. The SMILES string of the molecule is [B]CCCCC(N)C1CC(NCc2ccc(-c3ccc(F)cc3)c(F)c2)C1. The van der Waals surface area contributed by atoms with Crippen LogP contribution in [0, 0.1) is 17.6 Å². The second-order valence-electron chi connectivity index (χ2n) is 7.58. The highest BCUT2D eigenvalue weighted by Crippen LogP contribution is 2.32. The number of nitrogens with one attached hydrogen (secondary N) is 1. The first-order valence-electron chi connectivity index (χ1n) is 9.80. The lowest BCUT2D eigenvalue weighted by atomic mass is 9.74. The lowest BCUT2D eigenvalue weighted by Gasteiger charge is -2.39. The first kappa shape index (κ1) is 20.0. The summed E-state index contributed by atoms with van der Waals surface area (Å²) in [6, 6.07) is 11.8. The van der Waals surface area contributed by atoms with Crippen molar-refractivity contribution in [2.24, 2.45) is 11.7 Å². The molecule has 1 fully saturated rings. The smallest absolute Gasteiger partial charge is 0.131 e. The van der Waals surface area contributed by atoms with Gasteiger partial charge >= 0.3 is 0 Å². The molecule has 0 aliphatic heterocycles. The minimum absolute atomic E-state index is 0.266. The molecule has 2 aromatic rings. The molecule has 0 bridgehead atoms. The average molecular weight is 368 g/mol. The van der Waals surface area contributed by atoms with E-state index in [1.165, 1.54) is 12.1 Å². The summed E-state index contributed by atoms with van der Waals surface area (Å²) >= 11 is 0. The van der Waals surface area contributed by atoms with Crippen molar-refractivity contribution >= 4 is 7.85 Å². The molecule has 1 atom stereocenters. The topological polar surface area (TPSA) is 38.0 Å². The van der Waals surface area contributed by atoms with Crippen LogP contribution in [0.1, 0.15) is 37.7 Å². The van der Waals surface area contributed by atoms with Crippen molar-refractivity contribution in [2.45, 2.75) is 57.1 Å². The third-order valence-electron chi connectivity index (χ3n) is 5.56. The minimum Gasteiger partial charge on any atom is -0.327 e. The number of halogens is 2. The van der Waals surface area contributed by atoms with Gasteiger partial charge in [-0.15, -0.1) is 0 Å². The van der Waals surface area contributed by atoms with Crippen LogP contribution in [0.2, 0.25) is 6.32 Å². The van der Waals surface area contributed by atoms with Crippen LogP contribution in [-0.4, -0.2) is 19.9 Å². The summed E-state index contributed by atoms with van der Waals surface area (Å²) in [6.07, 6.45) is 6.09. The van der Waals surface area contributed by atoms with Crippen molar-refractivity contribution < 1.29 is 8.78 Å². The standard InChI is InChI=1S/C22H27BF2N2/c23-10-2-1-3-22(26)17-12-19(13-17)27-14-15-4-9-20(21(25)11-15)16-5-7-18(24)8-6-16/h4-9,11,17,19,22,27H,1-3,10,12-14,26H2. The van der Waals surface area contributed by atoms with Gasteiger partial charge in [0.15, 0.2) is 0 Å². The van der Waals surface area contributed by atoms with E-state index in [1.54, 1.807) is 24.3 Å². The zero-order valence-corrected chi connectivity index (χ0v) is 15.6. The monoisotopic (exact) mass is 368 g/mol. The molecule has 0 amide bonds. The summed E-state index contributed by atoms with van der Waals surface area (Å²) in [5.41, 5.74) is 8.33. The van der Waals surface area contributed by atoms with E-state index in [0.717, 1.165) is 44.0 Å². The number of unbranched alkanes of at least 4 members (excludes halogenated alkanes) is 1. The Labute approximate surface area is 162 Å². The number of nitrogens with two attached hydrogens (primary N) is 1. The second kappa shape index (κ2) is 9.47. The number of rotatable bonds is 9. The summed E-state index contributed by atoms with van der Waals surface area (Å²) in [4.78, 5) is 0. The zero-order valence-electron chi connectivity index (χ0n) is 15.6. The highest BCUT2D eigenvalue weighted by Gasteiger charge is 2.32. The third kappa shape index (κ3) is 5.39. The molecule has 0 aromatic heterocycles. The summed E-state index contributed by atoms with van der Waals surface area (Å²) in [7, 11) is 5.52. The Balaban J connectivity index is 1.46. The molecule has 0 saturated heterocycles. The largest absolute Gasteiger partial charge is 0.327 e. The summed E-state index contributed by atoms with van der Waals surface area (Å²) in [5.74, 6) is -0.0231. The average Bonchev–Trinajstić information content (AvgIpc) is 2.62. The van der Waals surface area contributed by atoms with E-state index in [9.17, 15) is 8.78 Å². The predicted octanol–water partition coefficient (Wildman–Crippen LogP) is 4.58. The quantitative estimate of drug-likeness (QED) is 0.502. The van der Waals surface area contributed by atoms with E-state index in [1.807, 2.05) is 6.07 Å². The molecule has 3 rings (SSSR count). The van der Waals surface area contributed by atoms with Crippen molar-refractivity contribution in [1.29, 1.82) is 0 Å². The summed E-state index contributed by atoms with van der Waals surface area (Å²) < 4.78 is 27.4. The van der Waals surface area contributed by atoms with Crippen LogP contribution in [0.3, 0.4) is 0 Å². The zero-order chi connectivity index (χ0) is 19.2. The van der Waals surface area contributed by atoms with E-state index >= 15 is 0 Å². The van der Waals surface area contributed by atoms with Crippen LogP contribution in [0.25, 0.3) is 11.1 Å². The molecule has 0 heterocycles. The molecule has 2 nitrogen and oxygen atoms in total. The van der Waals surface area contributed by atoms with E-state index in [-0.39, 0.29) is 17.7 Å². The van der Waals surface area contributed by atoms with Gasteiger partial charge in [0.1, 0.15) is 11.6 Å². The van der Waals surface area contributed by atoms with Gasteiger partial charge in [-0.2, -0.15) is 0 Å². The maximum absolute atomic E-state index is 14.4. The van der Waals surface area contributed by atoms with Crippen molar-refractivity contribution in [1.82, 2.24) is 5.32 Å². The Hall–Kier alpha value is -1.72. The van der Waals surface area contributed by atoms with Gasteiger partial charge in [-0.1, -0.05) is 43.4 Å². The Morgan fingerprint density at radius 2 is 1.81 bits per heavy atom. The van der Waals surface area contributed by atoms with Gasteiger partial charge in [-0.3, -0.25) is 0 Å². The first-order chi connectivity index (χ1) is 13.1. The Morgan fingerprint density at radius 3 is 2.48 bits per heavy atom. The lowest BCUT2D eigenvalue weighted by molar-refractivity contribution is 0.181. The van der Waals surface area contributed by atoms with Crippen LogP contribution in [0.15, 0.2) is 42.5 Å². The highest BCUT2D eigenvalue weighted by molar-refractivity contribution is 6.08. The number of benzene rings is 2. The van der Waals surface area contributed by atoms with Crippen LogP contribution in [-0.2, 0) is 6.54 Å². The molecule has 3 N–H and O–H groups in total. The third-order valence-corrected chi connectivity index (χ3v) is 5.56. The molecular weight excluding hydrogens is 341 g/mol. The Morgan fingerprint density at radius 1 is 1.07 bits per heavy atom. The normalized spacial score (nSPS) is 20.3. The van der Waals surface area contributed by atoms with Gasteiger partial charge in [0.25, 0.3) is 0 Å². The summed E-state index contributed by atoms with van der Waals surface area (Å²) in [5, 5.41) is 3.49. The van der Waals surface area contributed by atoms with Gasteiger partial charge in [-0.25, -0.2) is 8.78 Å². The van der Waals surface area contributed by atoms with Gasteiger partial charge in [0.2, 0.25) is 0 Å². The fourth-order valence-electron chi connectivity index (χ4n) is 3.73. The van der Waals surface area contributed by atoms with Crippen LogP contribution < -0.4 is 11.1 Å². The van der Waals surface area contributed by atoms with Crippen LogP contribution in [0.4, 0.5) is 8.78 Å². The van der Waals surface area contributed by atoms with Crippen molar-refractivity contribution in [3.63, 3.8) is 0 Å². The molecule has 2 radical (unpaired) electrons. The van der Waals surface area contributed by atoms with Gasteiger partial charge in [0.05, 0.1) is 7.85 Å². The fraction of sp³-hybridized carbons (Fsp3) is 0.455. The predicted molar refractivity (Wildman–Crippen MR) is 108 cm³/mol. The van der Waals surface area contributed by atoms with Crippen LogP contribution in [0.5, 0.6) is 0 Å². The molecule has 2 aromatic carbocycles. The molecule has 5 heteroatoms. The van der Waals surface area contributed by atoms with E-state index in [4.69, 9.17) is 13.6 Å². The van der Waals surface area contributed by atoms with Gasteiger partial charge < -0.3 is 11.1 Å². The van der Waals surface area contributed by atoms with Gasteiger partial charge in [-0.05, 0) is 54.5 Å². The molecule has 1 aliphatic rings. The fourth-order valence-corrected chi connectivity index (χ4v) is 3.73. The van der Waals surface area contributed by atoms with Crippen molar-refractivity contribution in [3.05, 3.63) is 59.7 Å². The molecule has 1 unspecified atom stereocenters. The number of hydrogen-bond acceptors (Lipinski definition) is 2. The highest BCUT2D eigenvalue weighted by atomic mass is 19.1. The molecule has 0 spiro atoms. The van der Waals surface area contributed by atoms with E-state index in [0.29, 0.717) is 29.6 Å². The Bertz CT molecular complexity index is 730. The van der Waals surface area contributed by atoms with E-state index in [2.05, 4.69) is 5.32 Å². The molecule has 142 valence electrons. The lowest BCUT2D eigenvalue weighted by Crippen LogP contribution is -2.48. The maximum atomic E-state index is 14.4. The molecular formula is C22H27BF2N2. The Kier molecular flexibility index (Phi) is 7.03. The number of hydrogen-bond donors (Lipinski definition) is 2. The van der Waals surface area contributed by atoms with Gasteiger partial charge in [0, 0.05) is 24.2 Å². The second-order valence-corrected chi connectivity index (χ2v) is 7.58. The van der Waals surface area contributed by atoms with Crippen LogP contribution >= 0.6 is 0 Å². The summed E-state index contributed by atoms with van der Waals surface area (Å²) in [6.45, 7) is 0.639. The van der Waals surface area contributed by atoms with Crippen molar-refractivity contribution in [3.8, 4) is 11.1 Å². The maximum Gasteiger partial charge on any atom is 0.131 e. The molecule has 27 heavy (non-hydrogen) atoms. The van der Waals surface area contributed by atoms with Crippen molar-refractivity contribution in [2.75, 3.05) is 0 Å². The molecule has 1 aliphatic carbocycles. The molecule has 1 saturated carbocycles. The minimum atomic E-state index is -0.321. The van der Waals surface area contributed by atoms with E-state index < -0.39 is 0 Å².